The van der Waals surface area contributed by atoms with E-state index in [0.717, 1.165) is 17.1 Å². The number of aromatic nitrogens is 4. The van der Waals surface area contributed by atoms with Crippen molar-refractivity contribution in [3.63, 3.8) is 0 Å². The number of rotatable bonds is 5. The Balaban J connectivity index is 1.50. The lowest BCUT2D eigenvalue weighted by atomic mass is 9.92. The third kappa shape index (κ3) is 3.53. The van der Waals surface area contributed by atoms with Gasteiger partial charge in [-0.25, -0.2) is 13.1 Å². The zero-order chi connectivity index (χ0) is 20.8. The molecule has 0 spiro atoms. The van der Waals surface area contributed by atoms with Gasteiger partial charge in [0.1, 0.15) is 4.90 Å². The number of hydrogen-bond donors (Lipinski definition) is 1. The maximum Gasteiger partial charge on any atom is 0.333 e. The minimum absolute atomic E-state index is 0.0928. The first-order chi connectivity index (χ1) is 13.7. The van der Waals surface area contributed by atoms with E-state index in [0.29, 0.717) is 11.2 Å². The van der Waals surface area contributed by atoms with Crippen LogP contribution in [0, 0.1) is 6.92 Å². The number of hydrogen-bond acceptors (Lipinski definition) is 5. The number of pyridine rings is 1. The Bertz CT molecular complexity index is 1130. The van der Waals surface area contributed by atoms with Gasteiger partial charge < -0.3 is 9.67 Å². The minimum Gasteiger partial charge on any atom is -0.388 e. The van der Waals surface area contributed by atoms with Crippen LogP contribution in [0.4, 0.5) is 8.78 Å². The summed E-state index contributed by atoms with van der Waals surface area (Å²) < 4.78 is 55.1. The monoisotopic (exact) mass is 425 g/mol. The number of sulfonamides is 1. The number of halogens is 2. The first-order valence-electron chi connectivity index (χ1n) is 9.15. The first-order valence-corrected chi connectivity index (χ1v) is 10.6. The van der Waals surface area contributed by atoms with E-state index in [1.807, 2.05) is 22.9 Å². The zero-order valence-corrected chi connectivity index (χ0v) is 16.6. The van der Waals surface area contributed by atoms with Gasteiger partial charge in [0.05, 0.1) is 35.8 Å². The van der Waals surface area contributed by atoms with Crippen molar-refractivity contribution in [1.29, 1.82) is 0 Å². The number of fused-ring (bicyclic) bond motifs is 1. The van der Waals surface area contributed by atoms with Crippen molar-refractivity contribution in [3.05, 3.63) is 42.6 Å². The minimum atomic E-state index is -3.96. The summed E-state index contributed by atoms with van der Waals surface area (Å²) in [6.45, 7) is -1.10. The van der Waals surface area contributed by atoms with Crippen molar-refractivity contribution >= 4 is 20.9 Å². The molecule has 0 aromatic carbocycles. The van der Waals surface area contributed by atoms with Crippen LogP contribution in [0.5, 0.6) is 0 Å². The zero-order valence-electron chi connectivity index (χ0n) is 15.7. The maximum atomic E-state index is 12.9. The van der Waals surface area contributed by atoms with Gasteiger partial charge in [-0.1, -0.05) is 0 Å². The van der Waals surface area contributed by atoms with Crippen LogP contribution in [0.25, 0.3) is 10.9 Å². The summed E-state index contributed by atoms with van der Waals surface area (Å²) in [6.07, 6.45) is 6.71. The predicted molar refractivity (Wildman–Crippen MR) is 101 cm³/mol. The van der Waals surface area contributed by atoms with Crippen LogP contribution in [0.15, 0.2) is 41.8 Å². The summed E-state index contributed by atoms with van der Waals surface area (Å²) in [7, 11) is -3.96. The Hall–Kier alpha value is -2.37. The molecule has 1 N–H and O–H groups in total. The van der Waals surface area contributed by atoms with Crippen LogP contribution < -0.4 is 0 Å². The highest BCUT2D eigenvalue weighted by atomic mass is 32.2. The average molecular weight is 425 g/mol. The van der Waals surface area contributed by atoms with E-state index in [9.17, 15) is 22.3 Å². The lowest BCUT2D eigenvalue weighted by Crippen LogP contribution is -2.48. The maximum absolute atomic E-state index is 12.9. The first kappa shape index (κ1) is 19.9. The number of piperidine rings is 1. The molecule has 0 atom stereocenters. The summed E-state index contributed by atoms with van der Waals surface area (Å²) in [4.78, 5) is 3.88. The van der Waals surface area contributed by atoms with Crippen molar-refractivity contribution in [2.75, 3.05) is 13.1 Å². The van der Waals surface area contributed by atoms with E-state index in [1.165, 1.54) is 11.2 Å². The smallest absolute Gasteiger partial charge is 0.333 e. The van der Waals surface area contributed by atoms with Crippen LogP contribution >= 0.6 is 0 Å². The number of nitrogens with zero attached hydrogens (tertiary/aromatic N) is 5. The van der Waals surface area contributed by atoms with Gasteiger partial charge >= 0.3 is 6.55 Å². The highest BCUT2D eigenvalue weighted by Crippen LogP contribution is 2.30. The molecule has 4 rings (SSSR count). The van der Waals surface area contributed by atoms with Crippen LogP contribution in [-0.4, -0.2) is 55.9 Å². The van der Waals surface area contributed by atoms with Gasteiger partial charge in [0.2, 0.25) is 10.0 Å². The molecule has 0 amide bonds. The van der Waals surface area contributed by atoms with E-state index in [2.05, 4.69) is 10.1 Å². The summed E-state index contributed by atoms with van der Waals surface area (Å²) in [5.74, 6) is 0. The molecule has 1 fully saturated rings. The van der Waals surface area contributed by atoms with E-state index >= 15 is 0 Å². The van der Waals surface area contributed by atoms with Gasteiger partial charge in [-0.05, 0) is 31.9 Å². The molecule has 0 saturated carbocycles. The second-order valence-corrected chi connectivity index (χ2v) is 9.23. The Morgan fingerprint density at radius 3 is 2.62 bits per heavy atom. The van der Waals surface area contributed by atoms with Gasteiger partial charge in [0, 0.05) is 30.9 Å². The molecule has 1 aliphatic heterocycles. The van der Waals surface area contributed by atoms with Crippen LogP contribution in [-0.2, 0) is 16.6 Å². The highest BCUT2D eigenvalue weighted by molar-refractivity contribution is 7.89. The quantitative estimate of drug-likeness (QED) is 0.676. The van der Waals surface area contributed by atoms with Crippen LogP contribution in [0.2, 0.25) is 0 Å². The highest BCUT2D eigenvalue weighted by Gasteiger charge is 2.39. The SMILES string of the molecule is Cc1c(S(=O)(=O)N2CCC(O)(Cn3ccc4ccncc43)CC2)cnn1C(F)F. The van der Waals surface area contributed by atoms with Gasteiger partial charge in [-0.2, -0.15) is 18.2 Å². The lowest BCUT2D eigenvalue weighted by Gasteiger charge is -2.37. The summed E-state index contributed by atoms with van der Waals surface area (Å²) in [5, 5.41) is 15.5. The fraction of sp³-hybridized carbons (Fsp3) is 0.444. The third-order valence-electron chi connectivity index (χ3n) is 5.50. The fourth-order valence-electron chi connectivity index (χ4n) is 3.78. The topological polar surface area (TPSA) is 93.2 Å². The molecular weight excluding hydrogens is 404 g/mol. The third-order valence-corrected chi connectivity index (χ3v) is 7.50. The van der Waals surface area contributed by atoms with Gasteiger partial charge in [-0.15, -0.1) is 0 Å². The summed E-state index contributed by atoms with van der Waals surface area (Å²) in [6, 6.07) is 3.82. The molecule has 3 aromatic heterocycles. The Kier molecular flexibility index (Phi) is 4.91. The largest absolute Gasteiger partial charge is 0.388 e. The Labute approximate surface area is 166 Å². The van der Waals surface area contributed by atoms with E-state index in [1.54, 1.807) is 12.4 Å². The number of alkyl halides is 2. The molecule has 0 radical (unpaired) electrons. The molecule has 29 heavy (non-hydrogen) atoms. The fourth-order valence-corrected chi connectivity index (χ4v) is 5.37. The molecule has 3 aromatic rings. The van der Waals surface area contributed by atoms with Crippen molar-refractivity contribution in [2.45, 2.75) is 43.4 Å². The van der Waals surface area contributed by atoms with Crippen molar-refractivity contribution < 1.29 is 22.3 Å². The molecule has 1 aliphatic rings. The van der Waals surface area contributed by atoms with Crippen LogP contribution in [0.3, 0.4) is 0 Å². The molecule has 8 nitrogen and oxygen atoms in total. The number of aliphatic hydroxyl groups is 1. The van der Waals surface area contributed by atoms with Gasteiger partial charge in [0.25, 0.3) is 0 Å². The predicted octanol–water partition coefficient (Wildman–Crippen LogP) is 2.15. The summed E-state index contributed by atoms with van der Waals surface area (Å²) in [5.41, 5.74) is -0.283. The Morgan fingerprint density at radius 1 is 1.24 bits per heavy atom. The van der Waals surface area contributed by atoms with Crippen LogP contribution in [0.1, 0.15) is 25.1 Å². The molecule has 1 saturated heterocycles. The standard InChI is InChI=1S/C18H21F2N5O3S/c1-13-16(11-22-25(13)17(19)20)29(27,28)24-8-4-18(26,5-9-24)12-23-7-3-14-2-6-21-10-15(14)23/h2-3,6-7,10-11,17,26H,4-5,8-9,12H2,1H3. The molecule has 0 aliphatic carbocycles. The Morgan fingerprint density at radius 2 is 1.97 bits per heavy atom. The molecule has 11 heteroatoms. The summed E-state index contributed by atoms with van der Waals surface area (Å²) >= 11 is 0. The average Bonchev–Trinajstić information content (AvgIpc) is 3.26. The van der Waals surface area contributed by atoms with Gasteiger partial charge in [0.15, 0.2) is 0 Å². The van der Waals surface area contributed by atoms with E-state index in [-0.39, 0.29) is 36.5 Å². The van der Waals surface area contributed by atoms with Crippen molar-refractivity contribution in [1.82, 2.24) is 23.6 Å². The van der Waals surface area contributed by atoms with E-state index in [4.69, 9.17) is 0 Å². The molecule has 0 bridgehead atoms. The van der Waals surface area contributed by atoms with Gasteiger partial charge in [-0.3, -0.25) is 4.98 Å². The van der Waals surface area contributed by atoms with Crippen molar-refractivity contribution in [2.24, 2.45) is 0 Å². The second kappa shape index (κ2) is 7.15. The second-order valence-electron chi connectivity index (χ2n) is 7.32. The lowest BCUT2D eigenvalue weighted by molar-refractivity contribution is -0.0185. The molecule has 156 valence electrons. The van der Waals surface area contributed by atoms with Crippen molar-refractivity contribution in [3.8, 4) is 0 Å². The normalized spacial score (nSPS) is 18.0. The molecule has 4 heterocycles. The molecular formula is C18H21F2N5O3S. The van der Waals surface area contributed by atoms with E-state index < -0.39 is 22.2 Å². The molecule has 0 unspecified atom stereocenters.